The van der Waals surface area contributed by atoms with Crippen LogP contribution >= 0.6 is 11.6 Å². The Kier molecular flexibility index (Phi) is 7.62. The van der Waals surface area contributed by atoms with E-state index in [1.807, 2.05) is 12.1 Å². The molecule has 2 aromatic rings. The number of hydrogen-bond acceptors (Lipinski definition) is 5. The summed E-state index contributed by atoms with van der Waals surface area (Å²) < 4.78 is 27.2. The maximum Gasteiger partial charge on any atom is 0.264 e. The summed E-state index contributed by atoms with van der Waals surface area (Å²) in [5.74, 6) is -0.619. The summed E-state index contributed by atoms with van der Waals surface area (Å²) in [7, 11) is -3.96. The highest BCUT2D eigenvalue weighted by Gasteiger charge is 2.31. The summed E-state index contributed by atoms with van der Waals surface area (Å²) in [6.45, 7) is 4.25. The van der Waals surface area contributed by atoms with E-state index < -0.39 is 28.0 Å². The number of benzene rings is 2. The van der Waals surface area contributed by atoms with Crippen LogP contribution in [0.1, 0.15) is 51.0 Å². The molecule has 1 aliphatic carbocycles. The van der Waals surface area contributed by atoms with Gasteiger partial charge < -0.3 is 10.4 Å². The van der Waals surface area contributed by atoms with Crippen LogP contribution in [0.25, 0.3) is 0 Å². The second-order valence-electron chi connectivity index (χ2n) is 8.37. The summed E-state index contributed by atoms with van der Waals surface area (Å²) in [5.41, 5.74) is 2.14. The molecular weight excluding hydrogens is 436 g/mol. The molecule has 0 unspecified atom stereocenters. The van der Waals surface area contributed by atoms with Crippen LogP contribution < -0.4 is 10.0 Å². The quantitative estimate of drug-likeness (QED) is 0.554. The average Bonchev–Trinajstić information content (AvgIpc) is 2.90. The molecule has 1 saturated carbocycles. The highest BCUT2D eigenvalue weighted by Crippen LogP contribution is 2.28. The Bertz CT molecular complexity index is 1010. The molecule has 0 aromatic heterocycles. The fourth-order valence-corrected chi connectivity index (χ4v) is 4.98. The summed E-state index contributed by atoms with van der Waals surface area (Å²) in [5, 5.41) is 14.4. The molecule has 1 aliphatic rings. The molecule has 2 aromatic carbocycles. The van der Waals surface area contributed by atoms with Crippen molar-refractivity contribution in [3.05, 3.63) is 59.1 Å². The number of anilines is 1. The molecule has 6 nitrogen and oxygen atoms in total. The number of carbonyl (C=O) groups is 1. The largest absolute Gasteiger partial charge is 0.391 e. The van der Waals surface area contributed by atoms with E-state index in [2.05, 4.69) is 36.0 Å². The van der Waals surface area contributed by atoms with Gasteiger partial charge in [0, 0.05) is 16.6 Å². The first-order valence-corrected chi connectivity index (χ1v) is 12.4. The smallest absolute Gasteiger partial charge is 0.264 e. The third-order valence-corrected chi connectivity index (χ3v) is 7.35. The van der Waals surface area contributed by atoms with E-state index in [1.54, 1.807) is 0 Å². The van der Waals surface area contributed by atoms with Crippen LogP contribution in [0.2, 0.25) is 5.02 Å². The van der Waals surface area contributed by atoms with Crippen molar-refractivity contribution >= 4 is 33.2 Å². The summed E-state index contributed by atoms with van der Waals surface area (Å²) in [4.78, 5) is 12.7. The van der Waals surface area contributed by atoms with Crippen LogP contribution in [0.3, 0.4) is 0 Å². The van der Waals surface area contributed by atoms with Crippen molar-refractivity contribution in [2.45, 2.75) is 62.5 Å². The number of amides is 1. The van der Waals surface area contributed by atoms with Gasteiger partial charge in [0.2, 0.25) is 5.91 Å². The topological polar surface area (TPSA) is 95.5 Å². The molecule has 0 bridgehead atoms. The van der Waals surface area contributed by atoms with Gasteiger partial charge in [-0.15, -0.1) is 0 Å². The molecule has 0 radical (unpaired) electrons. The molecule has 0 saturated heterocycles. The van der Waals surface area contributed by atoms with Crippen LogP contribution in [0, 0.1) is 5.92 Å². The minimum Gasteiger partial charge on any atom is -0.391 e. The highest BCUT2D eigenvalue weighted by atomic mass is 35.5. The average molecular weight is 465 g/mol. The summed E-state index contributed by atoms with van der Waals surface area (Å²) in [6.07, 6.45) is 1.27. The Morgan fingerprint density at radius 2 is 1.74 bits per heavy atom. The van der Waals surface area contributed by atoms with Crippen LogP contribution in [0.15, 0.2) is 53.4 Å². The minimum absolute atomic E-state index is 0.0107. The number of nitrogens with one attached hydrogen (secondary N) is 2. The van der Waals surface area contributed by atoms with Crippen molar-refractivity contribution in [2.24, 2.45) is 5.92 Å². The van der Waals surface area contributed by atoms with Crippen LogP contribution in [-0.2, 0) is 14.8 Å². The van der Waals surface area contributed by atoms with Crippen molar-refractivity contribution < 1.29 is 18.3 Å². The number of rotatable bonds is 6. The van der Waals surface area contributed by atoms with Gasteiger partial charge in [-0.25, -0.2) is 13.1 Å². The molecular formula is C23H29ClN2O4S. The van der Waals surface area contributed by atoms with Gasteiger partial charge >= 0.3 is 0 Å². The van der Waals surface area contributed by atoms with E-state index in [1.165, 1.54) is 29.8 Å². The van der Waals surface area contributed by atoms with Crippen molar-refractivity contribution in [3.8, 4) is 0 Å². The number of hydrogen-bond donors (Lipinski definition) is 3. The fourth-order valence-electron chi connectivity index (χ4n) is 3.81. The normalized spacial score (nSPS) is 22.0. The lowest BCUT2D eigenvalue weighted by atomic mass is 9.99. The summed E-state index contributed by atoms with van der Waals surface area (Å²) in [6, 6.07) is 13.5. The van der Waals surface area contributed by atoms with Gasteiger partial charge in [0.25, 0.3) is 10.0 Å². The fraction of sp³-hybridized carbons (Fsp3) is 0.435. The van der Waals surface area contributed by atoms with Crippen molar-refractivity contribution in [1.29, 1.82) is 0 Å². The summed E-state index contributed by atoms with van der Waals surface area (Å²) >= 11 is 5.80. The minimum atomic E-state index is -3.96. The van der Waals surface area contributed by atoms with E-state index in [9.17, 15) is 18.3 Å². The molecule has 1 amide bonds. The number of sulfonamides is 1. The van der Waals surface area contributed by atoms with Gasteiger partial charge in [0.15, 0.2) is 0 Å². The monoisotopic (exact) mass is 464 g/mol. The lowest BCUT2D eigenvalue weighted by Crippen LogP contribution is -2.35. The molecule has 31 heavy (non-hydrogen) atoms. The van der Waals surface area contributed by atoms with Crippen LogP contribution in [0.4, 0.5) is 5.69 Å². The number of halogens is 1. The zero-order valence-electron chi connectivity index (χ0n) is 17.7. The molecule has 8 heteroatoms. The van der Waals surface area contributed by atoms with E-state index in [0.29, 0.717) is 36.6 Å². The third-order valence-electron chi connectivity index (χ3n) is 5.74. The van der Waals surface area contributed by atoms with E-state index in [4.69, 9.17) is 11.6 Å². The lowest BCUT2D eigenvalue weighted by molar-refractivity contribution is -0.123. The molecule has 0 aliphatic heterocycles. The maximum absolute atomic E-state index is 12.7. The van der Waals surface area contributed by atoms with Gasteiger partial charge in [-0.05, 0) is 73.6 Å². The number of aliphatic hydroxyl groups excluding tert-OH is 1. The highest BCUT2D eigenvalue weighted by molar-refractivity contribution is 7.90. The molecule has 3 atom stereocenters. The Morgan fingerprint density at radius 1 is 1.06 bits per heavy atom. The van der Waals surface area contributed by atoms with E-state index in [0.717, 1.165) is 5.69 Å². The van der Waals surface area contributed by atoms with E-state index in [-0.39, 0.29) is 10.9 Å². The standard InChI is InChI=1S/C23H29ClN2O4S/c1-15(2)17-4-3-5-19(14-17)25-21-12-6-16(7-13-22(21)27)23(28)26-31(29,30)20-10-8-18(24)9-11-20/h3-5,8-11,14-16,21-22,25,27H,6-7,12-13H2,1-2H3,(H,26,28)/t16-,21+,22+/m1/s1. The number of carbonyl (C=O) groups excluding carboxylic acids is 1. The lowest BCUT2D eigenvalue weighted by Gasteiger charge is -2.23. The van der Waals surface area contributed by atoms with Gasteiger partial charge in [0.1, 0.15) is 0 Å². The molecule has 0 spiro atoms. The first kappa shape index (κ1) is 23.6. The zero-order valence-corrected chi connectivity index (χ0v) is 19.3. The van der Waals surface area contributed by atoms with Crippen LogP contribution in [0.5, 0.6) is 0 Å². The Balaban J connectivity index is 1.63. The zero-order chi connectivity index (χ0) is 22.6. The Morgan fingerprint density at radius 3 is 2.42 bits per heavy atom. The molecule has 3 N–H and O–H groups in total. The van der Waals surface area contributed by atoms with Gasteiger partial charge in [-0.3, -0.25) is 4.79 Å². The molecule has 1 fully saturated rings. The second kappa shape index (κ2) is 10.0. The predicted octanol–water partition coefficient (Wildman–Crippen LogP) is 4.30. The second-order valence-corrected chi connectivity index (χ2v) is 10.5. The van der Waals surface area contributed by atoms with Gasteiger partial charge in [-0.2, -0.15) is 0 Å². The van der Waals surface area contributed by atoms with Crippen molar-refractivity contribution in [3.63, 3.8) is 0 Å². The molecule has 0 heterocycles. The first-order valence-electron chi connectivity index (χ1n) is 10.5. The Labute approximate surface area is 189 Å². The maximum atomic E-state index is 12.7. The predicted molar refractivity (Wildman–Crippen MR) is 123 cm³/mol. The third kappa shape index (κ3) is 6.21. The molecule has 168 valence electrons. The van der Waals surface area contributed by atoms with E-state index >= 15 is 0 Å². The van der Waals surface area contributed by atoms with Crippen LogP contribution in [-0.4, -0.2) is 31.6 Å². The van der Waals surface area contributed by atoms with Crippen molar-refractivity contribution in [2.75, 3.05) is 5.32 Å². The Hall–Kier alpha value is -2.09. The van der Waals surface area contributed by atoms with Gasteiger partial charge in [0.05, 0.1) is 17.0 Å². The van der Waals surface area contributed by atoms with Crippen molar-refractivity contribution in [1.82, 2.24) is 4.72 Å². The SMILES string of the molecule is CC(C)c1cccc(N[C@H]2CC[C@@H](C(=O)NS(=O)(=O)c3ccc(Cl)cc3)CC[C@@H]2O)c1. The number of aliphatic hydroxyl groups is 1. The van der Waals surface area contributed by atoms with Gasteiger partial charge in [-0.1, -0.05) is 37.6 Å². The molecule has 3 rings (SSSR count). The first-order chi connectivity index (χ1) is 14.7.